The Hall–Kier alpha value is -0.340. The minimum atomic E-state index is -5.30. The molecule has 1 N–H and O–H groups in total. The van der Waals surface area contributed by atoms with Gasteiger partial charge in [-0.3, -0.25) is 0 Å². The molecule has 0 rings (SSSR count). The number of sulfonamides is 1. The Bertz CT molecular complexity index is 222. The van der Waals surface area contributed by atoms with Crippen LogP contribution in [0.3, 0.4) is 0 Å². The molecule has 0 bridgehead atoms. The second-order valence-electron chi connectivity index (χ2n) is 1.90. The largest absolute Gasteiger partial charge is 0.511 e. The van der Waals surface area contributed by atoms with Crippen molar-refractivity contribution in [3.05, 3.63) is 0 Å². The number of rotatable bonds is 4. The summed E-state index contributed by atoms with van der Waals surface area (Å²) >= 11 is 0. The van der Waals surface area contributed by atoms with Crippen molar-refractivity contribution in [3.63, 3.8) is 0 Å². The maximum atomic E-state index is 11.5. The summed E-state index contributed by atoms with van der Waals surface area (Å²) in [6.07, 6.45) is -0.157. The third-order valence-electron chi connectivity index (χ3n) is 0.918. The van der Waals surface area contributed by atoms with Crippen LogP contribution in [-0.4, -0.2) is 27.1 Å². The van der Waals surface area contributed by atoms with Crippen LogP contribution in [0.25, 0.3) is 0 Å². The highest BCUT2D eigenvalue weighted by Crippen LogP contribution is 2.21. The van der Waals surface area contributed by atoms with Crippen LogP contribution in [0.4, 0.5) is 13.2 Å². The number of nitrogens with one attached hydrogen (secondary N) is 1. The van der Waals surface area contributed by atoms with Gasteiger partial charge in [-0.2, -0.15) is 13.2 Å². The van der Waals surface area contributed by atoms with Crippen LogP contribution >= 0.6 is 0 Å². The molecule has 0 aliphatic carbocycles. The molecule has 0 aromatic heterocycles. The third kappa shape index (κ3) is 3.37. The molecule has 0 unspecified atom stereocenters. The lowest BCUT2D eigenvalue weighted by Gasteiger charge is -2.07. The molecule has 8 heteroatoms. The van der Waals surface area contributed by atoms with E-state index >= 15 is 0 Å². The van der Waals surface area contributed by atoms with E-state index in [1.54, 1.807) is 0 Å². The van der Waals surface area contributed by atoms with Crippen molar-refractivity contribution in [1.29, 1.82) is 0 Å². The second-order valence-corrected chi connectivity index (χ2v) is 3.66. The fourth-order valence-corrected chi connectivity index (χ4v) is 0.937. The summed E-state index contributed by atoms with van der Waals surface area (Å²) in [5.74, 6) is 0. The predicted molar refractivity (Wildman–Crippen MR) is 33.1 cm³/mol. The Balaban J connectivity index is 4.08. The fourth-order valence-electron chi connectivity index (χ4n) is 0.361. The van der Waals surface area contributed by atoms with Crippen molar-refractivity contribution in [1.82, 2.24) is 4.72 Å². The van der Waals surface area contributed by atoms with Crippen molar-refractivity contribution in [2.24, 2.45) is 0 Å². The van der Waals surface area contributed by atoms with Crippen LogP contribution in [0.15, 0.2) is 0 Å². The molecule has 0 atom stereocenters. The Morgan fingerprint density at radius 1 is 1.25 bits per heavy atom. The zero-order valence-corrected chi connectivity index (χ0v) is 6.70. The van der Waals surface area contributed by atoms with E-state index in [0.717, 1.165) is 0 Å². The zero-order valence-electron chi connectivity index (χ0n) is 5.89. The van der Waals surface area contributed by atoms with Crippen molar-refractivity contribution in [2.75, 3.05) is 13.2 Å². The lowest BCUT2D eigenvalue weighted by Crippen LogP contribution is -2.37. The van der Waals surface area contributed by atoms with E-state index in [2.05, 4.69) is 0 Å². The first-order valence-corrected chi connectivity index (χ1v) is 4.43. The summed E-state index contributed by atoms with van der Waals surface area (Å²) in [7, 11) is -5.26. The predicted octanol–water partition coefficient (Wildman–Crippen LogP) is 0.246. The van der Waals surface area contributed by atoms with E-state index in [0.29, 0.717) is 0 Å². The van der Waals surface area contributed by atoms with Crippen LogP contribution in [0, 0.1) is 0 Å². The van der Waals surface area contributed by atoms with Gasteiger partial charge in [-0.25, -0.2) is 18.2 Å². The van der Waals surface area contributed by atoms with Gasteiger partial charge >= 0.3 is 15.5 Å². The van der Waals surface area contributed by atoms with Gasteiger partial charge in [0, 0.05) is 6.54 Å². The molecule has 0 aromatic rings. The van der Waals surface area contributed by atoms with Gasteiger partial charge in [0.15, 0.2) is 0 Å². The summed E-state index contributed by atoms with van der Waals surface area (Å²) in [6.45, 7) is -1.09. The zero-order chi connectivity index (χ0) is 9.83. The Labute approximate surface area is 67.4 Å². The molecule has 12 heavy (non-hydrogen) atoms. The molecule has 0 saturated heterocycles. The summed E-state index contributed by atoms with van der Waals surface area (Å²) < 4.78 is 56.2. The molecule has 0 aliphatic heterocycles. The Morgan fingerprint density at radius 2 is 1.75 bits per heavy atom. The highest BCUT2D eigenvalue weighted by atomic mass is 32.2. The maximum absolute atomic E-state index is 11.5. The van der Waals surface area contributed by atoms with E-state index in [9.17, 15) is 26.7 Å². The van der Waals surface area contributed by atoms with Gasteiger partial charge in [0.2, 0.25) is 0 Å². The fraction of sp³-hybridized carbons (Fsp3) is 1.00. The highest BCUT2D eigenvalue weighted by Gasteiger charge is 2.45. The smallest absolute Gasteiger partial charge is 0.237 e. The molecule has 0 aliphatic rings. The average molecular weight is 206 g/mol. The first-order valence-electron chi connectivity index (χ1n) is 2.95. The number of alkyl halides is 3. The minimum absolute atomic E-state index is 0.157. The minimum Gasteiger partial charge on any atom is -0.237 e. The summed E-state index contributed by atoms with van der Waals surface area (Å²) in [5, 5.41) is 9.75. The second kappa shape index (κ2) is 4.06. The van der Waals surface area contributed by atoms with Crippen molar-refractivity contribution >= 4 is 10.0 Å². The molecule has 0 fully saturated rings. The van der Waals surface area contributed by atoms with Gasteiger partial charge in [-0.05, 0) is 6.42 Å². The van der Waals surface area contributed by atoms with Crippen LogP contribution in [0.1, 0.15) is 6.42 Å². The topological polar surface area (TPSA) is 66.1 Å². The number of hydrogen-bond donors (Lipinski definition) is 1. The number of hydrogen-bond acceptors (Lipinski definition) is 2. The van der Waals surface area contributed by atoms with Gasteiger partial charge in [-0.1, -0.05) is 0 Å². The number of halogens is 3. The first kappa shape index (κ1) is 11.7. The van der Waals surface area contributed by atoms with Gasteiger partial charge < -0.3 is 0 Å². The molecule has 0 aromatic carbocycles. The SMILES string of the molecule is [O]CCCNS(=O)(=O)C(F)(F)F. The molecule has 0 heterocycles. The lowest BCUT2D eigenvalue weighted by atomic mass is 10.5. The van der Waals surface area contributed by atoms with Gasteiger partial charge in [0.05, 0.1) is 6.61 Å². The molecular weight excluding hydrogens is 199 g/mol. The summed E-state index contributed by atoms with van der Waals surface area (Å²) in [4.78, 5) is 0. The quantitative estimate of drug-likeness (QED) is 0.670. The van der Waals surface area contributed by atoms with E-state index in [1.165, 1.54) is 4.72 Å². The molecule has 1 radical (unpaired) electrons. The van der Waals surface area contributed by atoms with E-state index in [-0.39, 0.29) is 6.42 Å². The van der Waals surface area contributed by atoms with Crippen molar-refractivity contribution in [3.8, 4) is 0 Å². The Morgan fingerprint density at radius 3 is 2.08 bits per heavy atom. The third-order valence-corrected chi connectivity index (χ3v) is 2.11. The average Bonchev–Trinajstić information content (AvgIpc) is 1.85. The van der Waals surface area contributed by atoms with E-state index in [4.69, 9.17) is 0 Å². The summed E-state index contributed by atoms with van der Waals surface area (Å²) in [6, 6.07) is 0. The normalized spacial score (nSPS) is 13.3. The molecular formula is C4H7F3NO3S. The first-order chi connectivity index (χ1) is 5.31. The van der Waals surface area contributed by atoms with Gasteiger partial charge in [-0.15, -0.1) is 0 Å². The van der Waals surface area contributed by atoms with E-state index in [1.807, 2.05) is 0 Å². The van der Waals surface area contributed by atoms with Gasteiger partial charge in [0.25, 0.3) is 0 Å². The molecule has 4 nitrogen and oxygen atoms in total. The van der Waals surface area contributed by atoms with Crippen LogP contribution in [0.5, 0.6) is 0 Å². The highest BCUT2D eigenvalue weighted by molar-refractivity contribution is 7.90. The van der Waals surface area contributed by atoms with Crippen molar-refractivity contribution in [2.45, 2.75) is 11.9 Å². The monoisotopic (exact) mass is 206 g/mol. The Kier molecular flexibility index (Phi) is 3.94. The van der Waals surface area contributed by atoms with Crippen molar-refractivity contribution < 1.29 is 26.7 Å². The van der Waals surface area contributed by atoms with E-state index < -0.39 is 28.7 Å². The van der Waals surface area contributed by atoms with Crippen LogP contribution < -0.4 is 4.72 Å². The van der Waals surface area contributed by atoms with Crippen LogP contribution in [0.2, 0.25) is 0 Å². The maximum Gasteiger partial charge on any atom is 0.511 e. The molecule has 73 valence electrons. The summed E-state index contributed by atoms with van der Waals surface area (Å²) in [5.41, 5.74) is -5.30. The standard InChI is InChI=1S/C4H7F3NO3S/c5-4(6,7)12(10,11)8-2-1-3-9/h8H,1-3H2. The van der Waals surface area contributed by atoms with Crippen LogP contribution in [-0.2, 0) is 15.1 Å². The lowest BCUT2D eigenvalue weighted by molar-refractivity contribution is -0.0448. The molecule has 0 saturated carbocycles. The molecule has 0 spiro atoms. The van der Waals surface area contributed by atoms with Gasteiger partial charge in [0.1, 0.15) is 0 Å². The molecule has 0 amide bonds.